The fourth-order valence-electron chi connectivity index (χ4n) is 2.00. The summed E-state index contributed by atoms with van der Waals surface area (Å²) >= 11 is 0. The van der Waals surface area contributed by atoms with Crippen LogP contribution in [0.25, 0.3) is 0 Å². The van der Waals surface area contributed by atoms with Crippen LogP contribution in [0.4, 0.5) is 13.2 Å². The monoisotopic (exact) mass is 252 g/mol. The van der Waals surface area contributed by atoms with Crippen molar-refractivity contribution in [3.63, 3.8) is 0 Å². The van der Waals surface area contributed by atoms with Crippen molar-refractivity contribution in [1.29, 1.82) is 0 Å². The van der Waals surface area contributed by atoms with Gasteiger partial charge in [0.25, 0.3) is 0 Å². The predicted octanol–water partition coefficient (Wildman–Crippen LogP) is 0.513. The molecular weight excluding hydrogens is 237 g/mol. The van der Waals surface area contributed by atoms with Crippen LogP contribution in [-0.2, 0) is 9.53 Å². The van der Waals surface area contributed by atoms with Gasteiger partial charge in [0.1, 0.15) is 6.54 Å². The number of nitrogens with zero attached hydrogens (tertiary/aromatic N) is 1. The van der Waals surface area contributed by atoms with Crippen LogP contribution in [0, 0.1) is 5.92 Å². The van der Waals surface area contributed by atoms with Crippen molar-refractivity contribution in [2.45, 2.75) is 31.1 Å². The van der Waals surface area contributed by atoms with Crippen molar-refractivity contribution < 1.29 is 22.7 Å². The van der Waals surface area contributed by atoms with Crippen LogP contribution in [-0.4, -0.2) is 48.8 Å². The van der Waals surface area contributed by atoms with E-state index in [4.69, 9.17) is 10.5 Å². The molecule has 1 heterocycles. The van der Waals surface area contributed by atoms with Gasteiger partial charge in [-0.1, -0.05) is 0 Å². The van der Waals surface area contributed by atoms with Gasteiger partial charge in [-0.2, -0.15) is 13.2 Å². The third kappa shape index (κ3) is 3.10. The van der Waals surface area contributed by atoms with Gasteiger partial charge in [0.15, 0.2) is 0 Å². The largest absolute Gasteiger partial charge is 0.406 e. The molecule has 0 aromatic carbocycles. The zero-order valence-corrected chi connectivity index (χ0v) is 9.24. The highest BCUT2D eigenvalue weighted by molar-refractivity contribution is 5.80. The van der Waals surface area contributed by atoms with Crippen molar-refractivity contribution in [3.05, 3.63) is 0 Å². The first-order valence-corrected chi connectivity index (χ1v) is 5.59. The van der Waals surface area contributed by atoms with Crippen LogP contribution in [0.2, 0.25) is 0 Å². The lowest BCUT2D eigenvalue weighted by Crippen LogP contribution is -2.47. The summed E-state index contributed by atoms with van der Waals surface area (Å²) in [6.07, 6.45) is -3.07. The molecule has 1 amide bonds. The maximum atomic E-state index is 12.4. The molecule has 2 fully saturated rings. The van der Waals surface area contributed by atoms with Crippen LogP contribution in [0.5, 0.6) is 0 Å². The van der Waals surface area contributed by atoms with E-state index in [1.54, 1.807) is 0 Å². The molecule has 2 unspecified atom stereocenters. The molecule has 2 N–H and O–H groups in total. The molecule has 0 spiro atoms. The second-order valence-electron chi connectivity index (χ2n) is 4.62. The van der Waals surface area contributed by atoms with Crippen LogP contribution in [0.3, 0.4) is 0 Å². The summed E-state index contributed by atoms with van der Waals surface area (Å²) in [5, 5.41) is 0. The molecule has 7 heteroatoms. The predicted molar refractivity (Wildman–Crippen MR) is 53.1 cm³/mol. The average molecular weight is 252 g/mol. The zero-order chi connectivity index (χ0) is 12.6. The Kier molecular flexibility index (Phi) is 3.31. The van der Waals surface area contributed by atoms with Crippen molar-refractivity contribution in [2.24, 2.45) is 11.7 Å². The normalized spacial score (nSPS) is 29.4. The summed E-state index contributed by atoms with van der Waals surface area (Å²) in [6.45, 7) is -0.818. The van der Waals surface area contributed by atoms with E-state index in [1.807, 2.05) is 0 Å². The minimum absolute atomic E-state index is 0.126. The molecule has 98 valence electrons. The number of alkyl halides is 3. The topological polar surface area (TPSA) is 55.6 Å². The highest BCUT2D eigenvalue weighted by Gasteiger charge is 2.44. The van der Waals surface area contributed by atoms with E-state index in [0.717, 1.165) is 4.90 Å². The molecule has 0 radical (unpaired) electrons. The highest BCUT2D eigenvalue weighted by atomic mass is 19.4. The Morgan fingerprint density at radius 1 is 1.35 bits per heavy atom. The SMILES string of the molecule is NC1COCC1C(=O)N(CC(F)(F)F)C1CC1. The van der Waals surface area contributed by atoms with Crippen molar-refractivity contribution in [2.75, 3.05) is 19.8 Å². The van der Waals surface area contributed by atoms with Gasteiger partial charge in [0.05, 0.1) is 19.1 Å². The van der Waals surface area contributed by atoms with E-state index in [0.29, 0.717) is 12.8 Å². The van der Waals surface area contributed by atoms with E-state index >= 15 is 0 Å². The van der Waals surface area contributed by atoms with E-state index < -0.39 is 30.6 Å². The summed E-state index contributed by atoms with van der Waals surface area (Å²) in [7, 11) is 0. The molecule has 1 aliphatic carbocycles. The van der Waals surface area contributed by atoms with Crippen LogP contribution >= 0.6 is 0 Å². The number of hydrogen-bond donors (Lipinski definition) is 1. The Hall–Kier alpha value is -0.820. The van der Waals surface area contributed by atoms with Gasteiger partial charge in [-0.15, -0.1) is 0 Å². The number of rotatable bonds is 3. The second kappa shape index (κ2) is 4.45. The first kappa shape index (κ1) is 12.6. The summed E-state index contributed by atoms with van der Waals surface area (Å²) in [4.78, 5) is 12.9. The van der Waals surface area contributed by atoms with E-state index in [1.165, 1.54) is 0 Å². The highest BCUT2D eigenvalue weighted by Crippen LogP contribution is 2.32. The smallest absolute Gasteiger partial charge is 0.379 e. The van der Waals surface area contributed by atoms with Crippen molar-refractivity contribution in [1.82, 2.24) is 4.90 Å². The summed E-state index contributed by atoms with van der Waals surface area (Å²) in [5.41, 5.74) is 5.65. The number of nitrogens with two attached hydrogens (primary N) is 1. The Morgan fingerprint density at radius 3 is 2.41 bits per heavy atom. The molecule has 1 saturated carbocycles. The Bertz CT molecular complexity index is 304. The van der Waals surface area contributed by atoms with Gasteiger partial charge < -0.3 is 15.4 Å². The fourth-order valence-corrected chi connectivity index (χ4v) is 2.00. The lowest BCUT2D eigenvalue weighted by atomic mass is 10.0. The molecular formula is C10H15F3N2O2. The first-order valence-electron chi connectivity index (χ1n) is 5.59. The van der Waals surface area contributed by atoms with Crippen molar-refractivity contribution >= 4 is 5.91 Å². The number of hydrogen-bond acceptors (Lipinski definition) is 3. The molecule has 2 aliphatic rings. The van der Waals surface area contributed by atoms with Gasteiger partial charge in [-0.25, -0.2) is 0 Å². The number of halogens is 3. The van der Waals surface area contributed by atoms with Gasteiger partial charge in [-0.05, 0) is 12.8 Å². The minimum Gasteiger partial charge on any atom is -0.379 e. The molecule has 17 heavy (non-hydrogen) atoms. The molecule has 1 aliphatic heterocycles. The molecule has 0 bridgehead atoms. The van der Waals surface area contributed by atoms with E-state index in [9.17, 15) is 18.0 Å². The summed E-state index contributed by atoms with van der Waals surface area (Å²) in [5.74, 6) is -1.15. The Labute approximate surface area is 96.9 Å². The second-order valence-corrected chi connectivity index (χ2v) is 4.62. The lowest BCUT2D eigenvalue weighted by molar-refractivity contribution is -0.165. The van der Waals surface area contributed by atoms with Gasteiger partial charge >= 0.3 is 6.18 Å². The third-order valence-electron chi connectivity index (χ3n) is 3.06. The molecule has 2 rings (SSSR count). The molecule has 0 aromatic rings. The maximum Gasteiger partial charge on any atom is 0.406 e. The first-order chi connectivity index (χ1) is 7.88. The van der Waals surface area contributed by atoms with Crippen LogP contribution < -0.4 is 5.73 Å². The molecule has 2 atom stereocenters. The Morgan fingerprint density at radius 2 is 2.00 bits per heavy atom. The van der Waals surface area contributed by atoms with Gasteiger partial charge in [0, 0.05) is 12.1 Å². The van der Waals surface area contributed by atoms with E-state index in [-0.39, 0.29) is 19.3 Å². The third-order valence-corrected chi connectivity index (χ3v) is 3.06. The Balaban J connectivity index is 2.02. The van der Waals surface area contributed by atoms with Crippen LogP contribution in [0.1, 0.15) is 12.8 Å². The fraction of sp³-hybridized carbons (Fsp3) is 0.900. The van der Waals surface area contributed by atoms with Gasteiger partial charge in [0.2, 0.25) is 5.91 Å². The summed E-state index contributed by atoms with van der Waals surface area (Å²) < 4.78 is 42.2. The van der Waals surface area contributed by atoms with Crippen LogP contribution in [0.15, 0.2) is 0 Å². The van der Waals surface area contributed by atoms with Gasteiger partial charge in [-0.3, -0.25) is 4.79 Å². The molecule has 4 nitrogen and oxygen atoms in total. The molecule has 0 aromatic heterocycles. The maximum absolute atomic E-state index is 12.4. The van der Waals surface area contributed by atoms with Crippen molar-refractivity contribution in [3.8, 4) is 0 Å². The standard InChI is InChI=1S/C10H15F3N2O2/c11-10(12,13)5-15(6-1-2-6)9(16)7-3-17-4-8(7)14/h6-8H,1-5,14H2. The summed E-state index contributed by atoms with van der Waals surface area (Å²) in [6, 6.07) is -0.756. The quantitative estimate of drug-likeness (QED) is 0.796. The zero-order valence-electron chi connectivity index (χ0n) is 9.24. The number of carbonyl (C=O) groups excluding carboxylic acids is 1. The average Bonchev–Trinajstić information content (AvgIpc) is 2.96. The molecule has 1 saturated heterocycles. The number of amides is 1. The number of carbonyl (C=O) groups is 1. The minimum atomic E-state index is -4.36. The number of ether oxygens (including phenoxy) is 1. The lowest BCUT2D eigenvalue weighted by Gasteiger charge is -2.27. The van der Waals surface area contributed by atoms with E-state index in [2.05, 4.69) is 0 Å².